The van der Waals surface area contributed by atoms with Crippen molar-refractivity contribution in [2.45, 2.75) is 0 Å². The van der Waals surface area contributed by atoms with Crippen LogP contribution in [0.3, 0.4) is 0 Å². The Morgan fingerprint density at radius 2 is 1.90 bits per heavy atom. The van der Waals surface area contributed by atoms with Gasteiger partial charge in [-0.15, -0.1) is 0 Å². The van der Waals surface area contributed by atoms with E-state index in [9.17, 15) is 10.1 Å². The van der Waals surface area contributed by atoms with Gasteiger partial charge in [0, 0.05) is 16.5 Å². The second-order valence-electron chi connectivity index (χ2n) is 4.22. The number of hydrogen-bond donors (Lipinski definition) is 0. The Balaban J connectivity index is 2.39. The van der Waals surface area contributed by atoms with Crippen molar-refractivity contribution < 1.29 is 4.92 Å². The Hall–Kier alpha value is -1.85. The molecule has 4 nitrogen and oxygen atoms in total. The van der Waals surface area contributed by atoms with Gasteiger partial charge in [-0.1, -0.05) is 29.8 Å². The zero-order valence-corrected chi connectivity index (χ0v) is 12.4. The highest BCUT2D eigenvalue weighted by Crippen LogP contribution is 2.35. The lowest BCUT2D eigenvalue weighted by Crippen LogP contribution is -1.99. The van der Waals surface area contributed by atoms with Gasteiger partial charge in [-0.05, 0) is 40.2 Å². The maximum Gasteiger partial charge on any atom is 0.293 e. The van der Waals surface area contributed by atoms with Crippen molar-refractivity contribution in [1.29, 1.82) is 0 Å². The first-order valence-electron chi connectivity index (χ1n) is 5.79. The summed E-state index contributed by atoms with van der Waals surface area (Å²) in [5.74, 6) is 0. The summed E-state index contributed by atoms with van der Waals surface area (Å²) < 4.78 is 2.49. The zero-order valence-electron chi connectivity index (χ0n) is 10.1. The molecule has 3 rings (SSSR count). The Bertz CT molecular complexity index is 829. The van der Waals surface area contributed by atoms with E-state index in [1.54, 1.807) is 28.8 Å². The molecule has 0 aliphatic rings. The molecule has 0 saturated heterocycles. The maximum absolute atomic E-state index is 11.2. The smallest absolute Gasteiger partial charge is 0.293 e. The summed E-state index contributed by atoms with van der Waals surface area (Å²) in [6.07, 6.45) is 0. The summed E-state index contributed by atoms with van der Waals surface area (Å²) in [5.41, 5.74) is 1.37. The molecule has 0 aliphatic carbocycles. The van der Waals surface area contributed by atoms with Crippen LogP contribution in [0.2, 0.25) is 5.02 Å². The molecule has 1 heterocycles. The molecule has 100 valence electrons. The van der Waals surface area contributed by atoms with Crippen molar-refractivity contribution in [3.63, 3.8) is 0 Å². The van der Waals surface area contributed by atoms with Gasteiger partial charge in [-0.2, -0.15) is 0 Å². The molecule has 0 spiro atoms. The van der Waals surface area contributed by atoms with E-state index >= 15 is 0 Å². The normalized spacial score (nSPS) is 10.9. The van der Waals surface area contributed by atoms with Gasteiger partial charge in [0.2, 0.25) is 0 Å². The molecule has 0 amide bonds. The van der Waals surface area contributed by atoms with Crippen LogP contribution in [-0.4, -0.2) is 9.49 Å². The molecule has 0 radical (unpaired) electrons. The average molecular weight is 352 g/mol. The van der Waals surface area contributed by atoms with E-state index in [2.05, 4.69) is 15.9 Å². The summed E-state index contributed by atoms with van der Waals surface area (Å²) in [6, 6.07) is 14.0. The van der Waals surface area contributed by atoms with Crippen LogP contribution in [-0.2, 0) is 0 Å². The first-order valence-corrected chi connectivity index (χ1v) is 6.96. The van der Waals surface area contributed by atoms with Crippen LogP contribution in [0.4, 0.5) is 5.69 Å². The topological polar surface area (TPSA) is 48.1 Å². The van der Waals surface area contributed by atoms with Crippen LogP contribution in [0.5, 0.6) is 0 Å². The highest BCUT2D eigenvalue weighted by atomic mass is 79.9. The molecule has 6 heteroatoms. The lowest BCUT2D eigenvalue weighted by Gasteiger charge is -2.08. The molecule has 3 aromatic rings. The summed E-state index contributed by atoms with van der Waals surface area (Å²) in [5, 5.41) is 12.6. The SMILES string of the molecule is O=[N+]([O-])c1ccccc1-n1c(Br)cc2c(Cl)cccc21. The van der Waals surface area contributed by atoms with Crippen LogP contribution in [0.15, 0.2) is 53.1 Å². The number of halogens is 2. The van der Waals surface area contributed by atoms with E-state index in [1.807, 2.05) is 18.2 Å². The fourth-order valence-electron chi connectivity index (χ4n) is 2.21. The summed E-state index contributed by atoms with van der Waals surface area (Å²) in [7, 11) is 0. The summed E-state index contributed by atoms with van der Waals surface area (Å²) >= 11 is 9.61. The standard InChI is InChI=1S/C14H8BrClN2O2/c15-14-8-9-10(16)4-3-7-11(9)17(14)12-5-1-2-6-13(12)18(19)20/h1-8H. The number of benzene rings is 2. The summed E-state index contributed by atoms with van der Waals surface area (Å²) in [6.45, 7) is 0. The van der Waals surface area contributed by atoms with Gasteiger partial charge in [0.15, 0.2) is 0 Å². The Kier molecular flexibility index (Phi) is 3.23. The van der Waals surface area contributed by atoms with Gasteiger partial charge in [-0.3, -0.25) is 14.7 Å². The highest BCUT2D eigenvalue weighted by Gasteiger charge is 2.18. The fourth-order valence-corrected chi connectivity index (χ4v) is 3.05. The average Bonchev–Trinajstić information content (AvgIpc) is 2.76. The number of fused-ring (bicyclic) bond motifs is 1. The Morgan fingerprint density at radius 1 is 1.15 bits per heavy atom. The van der Waals surface area contributed by atoms with Gasteiger partial charge in [0.25, 0.3) is 5.69 Å². The van der Waals surface area contributed by atoms with Gasteiger partial charge in [-0.25, -0.2) is 0 Å². The van der Waals surface area contributed by atoms with Crippen LogP contribution in [0.1, 0.15) is 0 Å². The first-order chi connectivity index (χ1) is 9.59. The molecule has 2 aromatic carbocycles. The predicted octanol–water partition coefficient (Wildman–Crippen LogP) is 4.95. The lowest BCUT2D eigenvalue weighted by molar-refractivity contribution is -0.384. The molecule has 1 aromatic heterocycles. The molecular weight excluding hydrogens is 344 g/mol. The van der Waals surface area contributed by atoms with Crippen molar-refractivity contribution in [3.05, 3.63) is 68.3 Å². The van der Waals surface area contributed by atoms with E-state index < -0.39 is 4.92 Å². The van der Waals surface area contributed by atoms with Crippen molar-refractivity contribution in [1.82, 2.24) is 4.57 Å². The largest absolute Gasteiger partial charge is 0.298 e. The van der Waals surface area contributed by atoms with E-state index in [-0.39, 0.29) is 5.69 Å². The van der Waals surface area contributed by atoms with Crippen LogP contribution in [0.25, 0.3) is 16.6 Å². The number of nitro groups is 1. The van der Waals surface area contributed by atoms with Crippen LogP contribution >= 0.6 is 27.5 Å². The highest BCUT2D eigenvalue weighted by molar-refractivity contribution is 9.10. The van der Waals surface area contributed by atoms with Crippen molar-refractivity contribution in [2.75, 3.05) is 0 Å². The third-order valence-electron chi connectivity index (χ3n) is 3.07. The monoisotopic (exact) mass is 350 g/mol. The van der Waals surface area contributed by atoms with E-state index in [4.69, 9.17) is 11.6 Å². The Morgan fingerprint density at radius 3 is 2.65 bits per heavy atom. The lowest BCUT2D eigenvalue weighted by atomic mass is 10.2. The third-order valence-corrected chi connectivity index (χ3v) is 3.98. The van der Waals surface area contributed by atoms with Crippen molar-refractivity contribution in [2.24, 2.45) is 0 Å². The van der Waals surface area contributed by atoms with Gasteiger partial charge >= 0.3 is 0 Å². The number of aromatic nitrogens is 1. The minimum absolute atomic E-state index is 0.0469. The molecule has 0 saturated carbocycles. The molecule has 0 bridgehead atoms. The van der Waals surface area contributed by atoms with Gasteiger partial charge in [0.1, 0.15) is 5.69 Å². The second-order valence-corrected chi connectivity index (χ2v) is 5.44. The number of rotatable bonds is 2. The molecule has 0 unspecified atom stereocenters. The molecular formula is C14H8BrClN2O2. The predicted molar refractivity (Wildman–Crippen MR) is 82.6 cm³/mol. The quantitative estimate of drug-likeness (QED) is 0.484. The van der Waals surface area contributed by atoms with E-state index in [1.165, 1.54) is 6.07 Å². The van der Waals surface area contributed by atoms with Crippen LogP contribution in [0, 0.1) is 10.1 Å². The maximum atomic E-state index is 11.2. The van der Waals surface area contributed by atoms with Gasteiger partial charge in [0.05, 0.1) is 15.0 Å². The van der Waals surface area contributed by atoms with E-state index in [0.717, 1.165) is 15.5 Å². The number of nitrogens with zero attached hydrogens (tertiary/aromatic N) is 2. The molecule has 0 aliphatic heterocycles. The summed E-state index contributed by atoms with van der Waals surface area (Å²) in [4.78, 5) is 10.8. The van der Waals surface area contributed by atoms with Crippen molar-refractivity contribution in [3.8, 4) is 5.69 Å². The number of nitro benzene ring substituents is 1. The van der Waals surface area contributed by atoms with Crippen LogP contribution < -0.4 is 0 Å². The molecule has 0 N–H and O–H groups in total. The van der Waals surface area contributed by atoms with Gasteiger partial charge < -0.3 is 0 Å². The molecule has 20 heavy (non-hydrogen) atoms. The molecule has 0 fully saturated rings. The first kappa shape index (κ1) is 13.1. The second kappa shape index (κ2) is 4.92. The number of para-hydroxylation sites is 2. The third kappa shape index (κ3) is 1.99. The number of hydrogen-bond acceptors (Lipinski definition) is 2. The minimum Gasteiger partial charge on any atom is -0.298 e. The van der Waals surface area contributed by atoms with E-state index in [0.29, 0.717) is 10.7 Å². The Labute approximate surface area is 127 Å². The van der Waals surface area contributed by atoms with Crippen molar-refractivity contribution >= 4 is 44.1 Å². The minimum atomic E-state index is -0.391. The molecule has 0 atom stereocenters. The zero-order chi connectivity index (χ0) is 14.3. The fraction of sp³-hybridized carbons (Fsp3) is 0.